The molecular weight excluding hydrogens is 418 g/mol. The second kappa shape index (κ2) is 9.34. The second-order valence-corrected chi connectivity index (χ2v) is 8.01. The van der Waals surface area contributed by atoms with Crippen LogP contribution in [0.2, 0.25) is 0 Å². The molecule has 3 aromatic rings. The van der Waals surface area contributed by atoms with Crippen molar-refractivity contribution in [1.29, 1.82) is 0 Å². The molecule has 0 aliphatic carbocycles. The highest BCUT2D eigenvalue weighted by atomic mass is 79.9. The van der Waals surface area contributed by atoms with Gasteiger partial charge in [-0.05, 0) is 66.5 Å². The zero-order chi connectivity index (χ0) is 19.2. The van der Waals surface area contributed by atoms with Gasteiger partial charge in [0.1, 0.15) is 11.6 Å². The van der Waals surface area contributed by atoms with Crippen molar-refractivity contribution in [2.75, 3.05) is 36.8 Å². The summed E-state index contributed by atoms with van der Waals surface area (Å²) < 4.78 is 2.70. The maximum Gasteiger partial charge on any atom is 0.173 e. The predicted molar refractivity (Wildman–Crippen MR) is 116 cm³/mol. The van der Waals surface area contributed by atoms with Crippen LogP contribution in [0.5, 0.6) is 0 Å². The van der Waals surface area contributed by atoms with Crippen molar-refractivity contribution in [3.05, 3.63) is 46.8 Å². The summed E-state index contributed by atoms with van der Waals surface area (Å²) in [4.78, 5) is 11.4. The van der Waals surface area contributed by atoms with E-state index in [2.05, 4.69) is 47.6 Å². The van der Waals surface area contributed by atoms with Gasteiger partial charge in [-0.15, -0.1) is 0 Å². The number of hydrogen-bond acceptors (Lipinski definition) is 6. The van der Waals surface area contributed by atoms with Crippen LogP contribution in [0.3, 0.4) is 0 Å². The average Bonchev–Trinajstić information content (AvgIpc) is 3.12. The molecule has 4 rings (SSSR count). The fourth-order valence-electron chi connectivity index (χ4n) is 3.55. The Balaban J connectivity index is 1.40. The lowest BCUT2D eigenvalue weighted by Crippen LogP contribution is -2.31. The van der Waals surface area contributed by atoms with E-state index in [0.717, 1.165) is 46.8 Å². The van der Waals surface area contributed by atoms with Crippen molar-refractivity contribution in [2.24, 2.45) is 0 Å². The van der Waals surface area contributed by atoms with Crippen LogP contribution < -0.4 is 10.6 Å². The highest BCUT2D eigenvalue weighted by Crippen LogP contribution is 2.23. The number of fused-ring (bicyclic) bond motifs is 1. The van der Waals surface area contributed by atoms with Crippen molar-refractivity contribution in [1.82, 2.24) is 24.5 Å². The van der Waals surface area contributed by atoms with E-state index < -0.39 is 0 Å². The molecule has 3 aromatic heterocycles. The van der Waals surface area contributed by atoms with Gasteiger partial charge in [0.05, 0.1) is 10.7 Å². The van der Waals surface area contributed by atoms with Gasteiger partial charge in [0.15, 0.2) is 5.65 Å². The van der Waals surface area contributed by atoms with Crippen molar-refractivity contribution in [3.63, 3.8) is 0 Å². The molecular formula is C20H26BrN7. The number of likely N-dealkylation sites (tertiary alicyclic amines) is 1. The quantitative estimate of drug-likeness (QED) is 0.516. The van der Waals surface area contributed by atoms with Crippen LogP contribution in [0.15, 0.2) is 41.3 Å². The molecule has 148 valence electrons. The molecule has 1 aliphatic rings. The third-order valence-electron chi connectivity index (χ3n) is 5.03. The molecule has 1 saturated heterocycles. The number of piperidine rings is 1. The Kier molecular flexibility index (Phi) is 6.38. The minimum atomic E-state index is 0.679. The first kappa shape index (κ1) is 19.1. The van der Waals surface area contributed by atoms with Crippen LogP contribution in [0, 0.1) is 0 Å². The zero-order valence-corrected chi connectivity index (χ0v) is 17.5. The van der Waals surface area contributed by atoms with Gasteiger partial charge in [0.25, 0.3) is 0 Å². The van der Waals surface area contributed by atoms with Crippen LogP contribution in [-0.4, -0.2) is 50.7 Å². The molecule has 0 aromatic carbocycles. The summed E-state index contributed by atoms with van der Waals surface area (Å²) in [6, 6.07) is 6.01. The topological polar surface area (TPSA) is 70.4 Å². The Morgan fingerprint density at radius 2 is 2.00 bits per heavy atom. The molecule has 0 radical (unpaired) electrons. The van der Waals surface area contributed by atoms with Gasteiger partial charge in [-0.1, -0.05) is 12.5 Å². The second-order valence-electron chi connectivity index (χ2n) is 7.15. The van der Waals surface area contributed by atoms with Crippen LogP contribution in [0.25, 0.3) is 5.65 Å². The summed E-state index contributed by atoms with van der Waals surface area (Å²) >= 11 is 3.55. The van der Waals surface area contributed by atoms with Gasteiger partial charge in [-0.25, -0.2) is 4.98 Å². The number of anilines is 2. The molecule has 0 amide bonds. The van der Waals surface area contributed by atoms with Gasteiger partial charge >= 0.3 is 0 Å². The van der Waals surface area contributed by atoms with Crippen molar-refractivity contribution in [3.8, 4) is 0 Å². The molecule has 2 N–H and O–H groups in total. The largest absolute Gasteiger partial charge is 0.370 e. The average molecular weight is 444 g/mol. The number of halogens is 1. The minimum absolute atomic E-state index is 0.679. The summed E-state index contributed by atoms with van der Waals surface area (Å²) in [5.74, 6) is 1.76. The Hall–Kier alpha value is -2.19. The number of rotatable bonds is 8. The van der Waals surface area contributed by atoms with Gasteiger partial charge in [0, 0.05) is 31.5 Å². The van der Waals surface area contributed by atoms with Crippen molar-refractivity contribution in [2.45, 2.75) is 32.2 Å². The Morgan fingerprint density at radius 3 is 2.82 bits per heavy atom. The van der Waals surface area contributed by atoms with Gasteiger partial charge < -0.3 is 15.5 Å². The monoisotopic (exact) mass is 443 g/mol. The van der Waals surface area contributed by atoms with E-state index in [-0.39, 0.29) is 0 Å². The fraction of sp³-hybridized carbons (Fsp3) is 0.450. The van der Waals surface area contributed by atoms with Crippen LogP contribution in [-0.2, 0) is 6.54 Å². The van der Waals surface area contributed by atoms with E-state index in [9.17, 15) is 0 Å². The van der Waals surface area contributed by atoms with Crippen molar-refractivity contribution >= 4 is 33.2 Å². The Labute approximate surface area is 173 Å². The van der Waals surface area contributed by atoms with E-state index in [1.807, 2.05) is 22.8 Å². The maximum absolute atomic E-state index is 4.71. The summed E-state index contributed by atoms with van der Waals surface area (Å²) in [6.07, 6.45) is 10.6. The normalized spacial score (nSPS) is 15.0. The SMILES string of the molecule is Brc1cnn2c(NCc3cccnc3)cc(NCCCN3CCCCC3)nc12. The third-order valence-corrected chi connectivity index (χ3v) is 5.59. The fourth-order valence-corrected chi connectivity index (χ4v) is 3.90. The molecule has 0 atom stereocenters. The standard InChI is InChI=1S/C20H26BrN7/c21-17-15-25-28-19(24-14-16-6-4-7-22-13-16)12-18(26-20(17)28)23-8-5-11-27-9-2-1-3-10-27/h4,6-7,12-13,15,24H,1-3,5,8-11,14H2,(H,23,26). The molecule has 28 heavy (non-hydrogen) atoms. The highest BCUT2D eigenvalue weighted by Gasteiger charge is 2.11. The summed E-state index contributed by atoms with van der Waals surface area (Å²) in [6.45, 7) is 5.23. The Morgan fingerprint density at radius 1 is 1.11 bits per heavy atom. The molecule has 0 bridgehead atoms. The first-order chi connectivity index (χ1) is 13.8. The van der Waals surface area contributed by atoms with E-state index in [4.69, 9.17) is 4.98 Å². The molecule has 0 spiro atoms. The maximum atomic E-state index is 4.71. The highest BCUT2D eigenvalue weighted by molar-refractivity contribution is 9.10. The van der Waals surface area contributed by atoms with Gasteiger partial charge in [-0.2, -0.15) is 9.61 Å². The summed E-state index contributed by atoms with van der Waals surface area (Å²) in [5, 5.41) is 11.4. The van der Waals surface area contributed by atoms with Crippen LogP contribution in [0.1, 0.15) is 31.2 Å². The lowest BCUT2D eigenvalue weighted by atomic mass is 10.1. The third kappa shape index (κ3) is 4.80. The predicted octanol–water partition coefficient (Wildman–Crippen LogP) is 3.79. The number of nitrogens with one attached hydrogen (secondary N) is 2. The molecule has 7 nitrogen and oxygen atoms in total. The Bertz CT molecular complexity index is 890. The molecule has 1 aliphatic heterocycles. The van der Waals surface area contributed by atoms with Gasteiger partial charge in [0.2, 0.25) is 0 Å². The van der Waals surface area contributed by atoms with E-state index >= 15 is 0 Å². The first-order valence-corrected chi connectivity index (χ1v) is 10.7. The van der Waals surface area contributed by atoms with E-state index in [1.54, 1.807) is 12.4 Å². The molecule has 4 heterocycles. The van der Waals surface area contributed by atoms with E-state index in [1.165, 1.54) is 32.4 Å². The van der Waals surface area contributed by atoms with Crippen LogP contribution in [0.4, 0.5) is 11.6 Å². The van der Waals surface area contributed by atoms with Crippen molar-refractivity contribution < 1.29 is 0 Å². The van der Waals surface area contributed by atoms with Crippen LogP contribution >= 0.6 is 15.9 Å². The first-order valence-electron chi connectivity index (χ1n) is 9.93. The number of aromatic nitrogens is 4. The number of hydrogen-bond donors (Lipinski definition) is 2. The lowest BCUT2D eigenvalue weighted by Gasteiger charge is -2.26. The molecule has 8 heteroatoms. The molecule has 0 unspecified atom stereocenters. The van der Waals surface area contributed by atoms with Gasteiger partial charge in [-0.3, -0.25) is 4.98 Å². The minimum Gasteiger partial charge on any atom is -0.370 e. The smallest absolute Gasteiger partial charge is 0.173 e. The zero-order valence-electron chi connectivity index (χ0n) is 15.9. The van der Waals surface area contributed by atoms with E-state index in [0.29, 0.717) is 6.54 Å². The lowest BCUT2D eigenvalue weighted by molar-refractivity contribution is 0.228. The molecule has 0 saturated carbocycles. The summed E-state index contributed by atoms with van der Waals surface area (Å²) in [7, 11) is 0. The number of pyridine rings is 1. The molecule has 1 fully saturated rings. The number of nitrogens with zero attached hydrogens (tertiary/aromatic N) is 5. The summed E-state index contributed by atoms with van der Waals surface area (Å²) in [5.41, 5.74) is 1.92.